The maximum absolute atomic E-state index is 13.8. The number of aromatic nitrogens is 2. The highest BCUT2D eigenvalue weighted by Crippen LogP contribution is 2.33. The van der Waals surface area contributed by atoms with Gasteiger partial charge < -0.3 is 14.2 Å². The molecule has 1 unspecified atom stereocenters. The van der Waals surface area contributed by atoms with Crippen LogP contribution < -0.4 is 4.31 Å². The second kappa shape index (κ2) is 13.9. The molecule has 2 aromatic carbocycles. The van der Waals surface area contributed by atoms with Gasteiger partial charge in [0.2, 0.25) is 16.0 Å². The first kappa shape index (κ1) is 31.7. The van der Waals surface area contributed by atoms with Gasteiger partial charge in [0, 0.05) is 31.0 Å². The molecule has 0 saturated carbocycles. The third-order valence-corrected chi connectivity index (χ3v) is 8.07. The van der Waals surface area contributed by atoms with Crippen LogP contribution in [0.1, 0.15) is 63.3 Å². The van der Waals surface area contributed by atoms with E-state index in [2.05, 4.69) is 9.97 Å². The predicted octanol–water partition coefficient (Wildman–Crippen LogP) is 6.33. The molecule has 3 atom stereocenters. The zero-order valence-corrected chi connectivity index (χ0v) is 25.8. The van der Waals surface area contributed by atoms with Crippen molar-refractivity contribution in [2.75, 3.05) is 17.6 Å². The smallest absolute Gasteiger partial charge is 0.239 e. The van der Waals surface area contributed by atoms with Crippen LogP contribution in [-0.2, 0) is 30.8 Å². The van der Waals surface area contributed by atoms with Crippen LogP contribution in [0.25, 0.3) is 17.3 Å². The molecule has 1 aliphatic rings. The number of anilines is 1. The fourth-order valence-electron chi connectivity index (χ4n) is 4.71. The van der Waals surface area contributed by atoms with Crippen LogP contribution in [0, 0.1) is 5.82 Å². The average Bonchev–Trinajstić information content (AvgIpc) is 2.94. The lowest BCUT2D eigenvalue weighted by molar-refractivity contribution is -0.225. The summed E-state index contributed by atoms with van der Waals surface area (Å²) in [4.78, 5) is 9.31. The average molecular weight is 598 g/mol. The van der Waals surface area contributed by atoms with Gasteiger partial charge in [-0.1, -0.05) is 56.3 Å². The van der Waals surface area contributed by atoms with Gasteiger partial charge in [0.1, 0.15) is 5.82 Å². The number of hydrogen-bond acceptors (Lipinski definition) is 7. The Labute approximate surface area is 248 Å². The fraction of sp³-hybridized carbons (Fsp3) is 0.438. The van der Waals surface area contributed by atoms with Crippen LogP contribution in [0.15, 0.2) is 60.7 Å². The first-order valence-corrected chi connectivity index (χ1v) is 16.0. The lowest BCUT2D eigenvalue weighted by Crippen LogP contribution is -2.38. The normalized spacial score (nSPS) is 19.6. The minimum atomic E-state index is -3.61. The summed E-state index contributed by atoms with van der Waals surface area (Å²) in [5.74, 6) is -0.396. The number of sulfonamides is 1. The summed E-state index contributed by atoms with van der Waals surface area (Å²) in [6.07, 6.45) is 5.35. The standard InChI is InChI=1S/C32H40FN3O5S/c1-21(2)30-28(31(24-12-14-25(33)15-13-24)35-32(34-30)36(5)42(6,37)38)17-16-26-18-27(19-29(41-26)40-22(3)4)39-20-23-10-8-7-9-11-23/h7-17,21-22,26-27,29H,18-20H2,1-6H3/b17-16+/t26-,27-,29?/m0/s1. The molecule has 0 spiro atoms. The first-order chi connectivity index (χ1) is 19.9. The summed E-state index contributed by atoms with van der Waals surface area (Å²) >= 11 is 0. The van der Waals surface area contributed by atoms with E-state index in [9.17, 15) is 12.8 Å². The Morgan fingerprint density at radius 3 is 2.36 bits per heavy atom. The predicted molar refractivity (Wildman–Crippen MR) is 163 cm³/mol. The van der Waals surface area contributed by atoms with Crippen molar-refractivity contribution < 1.29 is 27.0 Å². The first-order valence-electron chi connectivity index (χ1n) is 14.2. The van der Waals surface area contributed by atoms with Gasteiger partial charge in [-0.25, -0.2) is 27.1 Å². The fourth-order valence-corrected chi connectivity index (χ4v) is 5.09. The minimum Gasteiger partial charge on any atom is -0.373 e. The lowest BCUT2D eigenvalue weighted by atomic mass is 9.96. The zero-order chi connectivity index (χ0) is 30.4. The van der Waals surface area contributed by atoms with E-state index in [0.717, 1.165) is 16.1 Å². The van der Waals surface area contributed by atoms with E-state index < -0.39 is 16.3 Å². The summed E-state index contributed by atoms with van der Waals surface area (Å²) < 4.78 is 58.2. The summed E-state index contributed by atoms with van der Waals surface area (Å²) in [5.41, 5.74) is 3.60. The van der Waals surface area contributed by atoms with Crippen molar-refractivity contribution in [2.45, 2.75) is 77.7 Å². The number of hydrogen-bond donors (Lipinski definition) is 0. The maximum Gasteiger partial charge on any atom is 0.239 e. The SMILES string of the molecule is CC(C)OC1C[C@@H](OCc2ccccc2)C[C@H](/C=C/c2c(-c3ccc(F)cc3)nc(N(C)S(C)(=O)=O)nc2C(C)C)O1. The molecule has 2 heterocycles. The Morgan fingerprint density at radius 2 is 1.74 bits per heavy atom. The van der Waals surface area contributed by atoms with Crippen LogP contribution in [0.3, 0.4) is 0 Å². The van der Waals surface area contributed by atoms with E-state index in [-0.39, 0.29) is 36.0 Å². The Kier molecular flexibility index (Phi) is 10.5. The van der Waals surface area contributed by atoms with Crippen molar-refractivity contribution in [3.8, 4) is 11.3 Å². The lowest BCUT2D eigenvalue weighted by Gasteiger charge is -2.35. The molecule has 226 valence electrons. The molecule has 0 aliphatic carbocycles. The Bertz CT molecular complexity index is 1460. The Balaban J connectivity index is 1.70. The molecular weight excluding hydrogens is 557 g/mol. The number of halogens is 1. The molecule has 0 amide bonds. The van der Waals surface area contributed by atoms with Gasteiger partial charge >= 0.3 is 0 Å². The van der Waals surface area contributed by atoms with Crippen LogP contribution in [0.4, 0.5) is 10.3 Å². The van der Waals surface area contributed by atoms with Crippen LogP contribution in [-0.4, -0.2) is 56.3 Å². The molecule has 1 aromatic heterocycles. The van der Waals surface area contributed by atoms with Gasteiger partial charge in [-0.05, 0) is 49.6 Å². The highest BCUT2D eigenvalue weighted by atomic mass is 32.2. The molecule has 0 radical (unpaired) electrons. The van der Waals surface area contributed by atoms with E-state index in [1.807, 2.05) is 70.2 Å². The van der Waals surface area contributed by atoms with Gasteiger partial charge in [-0.3, -0.25) is 0 Å². The molecule has 4 rings (SSSR count). The van der Waals surface area contributed by atoms with Crippen LogP contribution in [0.5, 0.6) is 0 Å². The largest absolute Gasteiger partial charge is 0.373 e. The monoisotopic (exact) mass is 597 g/mol. The Hall–Kier alpha value is -3.18. The van der Waals surface area contributed by atoms with Crippen LogP contribution in [0.2, 0.25) is 0 Å². The topological polar surface area (TPSA) is 90.9 Å². The van der Waals surface area contributed by atoms with Crippen molar-refractivity contribution in [3.05, 3.63) is 83.3 Å². The van der Waals surface area contributed by atoms with Gasteiger partial charge in [-0.15, -0.1) is 0 Å². The van der Waals surface area contributed by atoms with Crippen molar-refractivity contribution in [1.29, 1.82) is 0 Å². The highest BCUT2D eigenvalue weighted by molar-refractivity contribution is 7.92. The van der Waals surface area contributed by atoms with E-state index in [1.165, 1.54) is 19.2 Å². The molecule has 0 bridgehead atoms. The van der Waals surface area contributed by atoms with E-state index in [0.29, 0.717) is 42.0 Å². The third-order valence-electron chi connectivity index (χ3n) is 6.91. The second-order valence-corrected chi connectivity index (χ2v) is 13.1. The summed E-state index contributed by atoms with van der Waals surface area (Å²) in [6.45, 7) is 8.40. The molecule has 1 aliphatic heterocycles. The van der Waals surface area contributed by atoms with Gasteiger partial charge in [0.15, 0.2) is 6.29 Å². The van der Waals surface area contributed by atoms with E-state index in [4.69, 9.17) is 14.2 Å². The van der Waals surface area contributed by atoms with Crippen molar-refractivity contribution in [1.82, 2.24) is 9.97 Å². The Morgan fingerprint density at radius 1 is 1.05 bits per heavy atom. The van der Waals surface area contributed by atoms with Crippen LogP contribution >= 0.6 is 0 Å². The molecule has 3 aromatic rings. The van der Waals surface area contributed by atoms with E-state index >= 15 is 0 Å². The van der Waals surface area contributed by atoms with E-state index in [1.54, 1.807) is 12.1 Å². The summed E-state index contributed by atoms with van der Waals surface area (Å²) in [6, 6.07) is 16.0. The zero-order valence-electron chi connectivity index (χ0n) is 25.0. The van der Waals surface area contributed by atoms with Crippen molar-refractivity contribution in [3.63, 3.8) is 0 Å². The van der Waals surface area contributed by atoms with Gasteiger partial charge in [-0.2, -0.15) is 0 Å². The molecule has 8 nitrogen and oxygen atoms in total. The number of rotatable bonds is 11. The van der Waals surface area contributed by atoms with Crippen molar-refractivity contribution >= 4 is 22.0 Å². The maximum atomic E-state index is 13.8. The molecular formula is C32H40FN3O5S. The number of benzene rings is 2. The van der Waals surface area contributed by atoms with Gasteiger partial charge in [0.05, 0.1) is 42.6 Å². The minimum absolute atomic E-state index is 0.0158. The highest BCUT2D eigenvalue weighted by Gasteiger charge is 2.30. The number of nitrogens with zero attached hydrogens (tertiary/aromatic N) is 3. The summed E-state index contributed by atoms with van der Waals surface area (Å²) in [7, 11) is -2.20. The molecule has 10 heteroatoms. The number of ether oxygens (including phenoxy) is 3. The van der Waals surface area contributed by atoms with Gasteiger partial charge in [0.25, 0.3) is 0 Å². The second-order valence-electron chi connectivity index (χ2n) is 11.1. The molecule has 1 saturated heterocycles. The molecule has 0 N–H and O–H groups in total. The quantitative estimate of drug-likeness (QED) is 0.255. The molecule has 42 heavy (non-hydrogen) atoms. The van der Waals surface area contributed by atoms with Crippen molar-refractivity contribution in [2.24, 2.45) is 0 Å². The summed E-state index contributed by atoms with van der Waals surface area (Å²) in [5, 5.41) is 0. The molecule has 1 fully saturated rings. The third kappa shape index (κ3) is 8.44.